The number of nitrogens with zero attached hydrogens (tertiary/aromatic N) is 2. The van der Waals surface area contributed by atoms with E-state index in [2.05, 4.69) is 0 Å². The molecule has 1 saturated carbocycles. The Labute approximate surface area is 148 Å². The fraction of sp³-hybridized carbons (Fsp3) is 0.588. The number of rotatable bonds is 4. The number of carbonyl (C=O) groups excluding carboxylic acids is 1. The van der Waals surface area contributed by atoms with Gasteiger partial charge in [-0.15, -0.1) is 0 Å². The molecule has 0 aromatic heterocycles. The van der Waals surface area contributed by atoms with Gasteiger partial charge in [-0.05, 0) is 37.0 Å². The summed E-state index contributed by atoms with van der Waals surface area (Å²) >= 11 is 5.84. The van der Waals surface area contributed by atoms with Crippen molar-refractivity contribution in [1.29, 1.82) is 0 Å². The smallest absolute Gasteiger partial charge is 0.225 e. The molecule has 0 atom stereocenters. The van der Waals surface area contributed by atoms with Gasteiger partial charge >= 0.3 is 0 Å². The SMILES string of the molecule is O=C(C1CCC1)N1CCCN(S(=O)(=O)Cc2ccc(Cl)cc2)CC1. The van der Waals surface area contributed by atoms with Gasteiger partial charge in [0.2, 0.25) is 15.9 Å². The molecule has 24 heavy (non-hydrogen) atoms. The zero-order chi connectivity index (χ0) is 17.2. The highest BCUT2D eigenvalue weighted by atomic mass is 35.5. The van der Waals surface area contributed by atoms with Crippen LogP contribution in [0, 0.1) is 5.92 Å². The van der Waals surface area contributed by atoms with Crippen LogP contribution in [0.15, 0.2) is 24.3 Å². The topological polar surface area (TPSA) is 57.7 Å². The Morgan fingerprint density at radius 3 is 2.38 bits per heavy atom. The highest BCUT2D eigenvalue weighted by Crippen LogP contribution is 2.28. The summed E-state index contributed by atoms with van der Waals surface area (Å²) < 4.78 is 26.8. The van der Waals surface area contributed by atoms with E-state index in [1.807, 2.05) is 4.90 Å². The lowest BCUT2D eigenvalue weighted by Crippen LogP contribution is -2.41. The van der Waals surface area contributed by atoms with Gasteiger partial charge in [-0.3, -0.25) is 4.79 Å². The Kier molecular flexibility index (Phi) is 5.47. The second kappa shape index (κ2) is 7.42. The van der Waals surface area contributed by atoms with E-state index in [1.54, 1.807) is 24.3 Å². The van der Waals surface area contributed by atoms with E-state index >= 15 is 0 Å². The average molecular weight is 371 g/mol. The van der Waals surface area contributed by atoms with Gasteiger partial charge in [0.1, 0.15) is 0 Å². The fourth-order valence-electron chi connectivity index (χ4n) is 3.19. The average Bonchev–Trinajstić information content (AvgIpc) is 2.74. The molecule has 0 bridgehead atoms. The fourth-order valence-corrected chi connectivity index (χ4v) is 4.88. The van der Waals surface area contributed by atoms with E-state index in [9.17, 15) is 13.2 Å². The van der Waals surface area contributed by atoms with Gasteiger partial charge in [-0.2, -0.15) is 4.31 Å². The summed E-state index contributed by atoms with van der Waals surface area (Å²) in [5.74, 6) is 0.348. The van der Waals surface area contributed by atoms with Crippen LogP contribution in [-0.2, 0) is 20.6 Å². The minimum Gasteiger partial charge on any atom is -0.341 e. The van der Waals surface area contributed by atoms with Gasteiger partial charge in [-0.1, -0.05) is 30.2 Å². The van der Waals surface area contributed by atoms with Crippen LogP contribution >= 0.6 is 11.6 Å². The molecule has 132 valence electrons. The predicted octanol–water partition coefficient (Wildman–Crippen LogP) is 2.50. The molecule has 1 saturated heterocycles. The minimum absolute atomic E-state index is 0.0270. The van der Waals surface area contributed by atoms with Gasteiger partial charge in [0.25, 0.3) is 0 Å². The molecule has 0 spiro atoms. The van der Waals surface area contributed by atoms with E-state index in [1.165, 1.54) is 4.31 Å². The Balaban J connectivity index is 1.61. The Bertz CT molecular complexity index is 686. The van der Waals surface area contributed by atoms with E-state index in [-0.39, 0.29) is 17.6 Å². The first-order valence-electron chi connectivity index (χ1n) is 8.47. The monoisotopic (exact) mass is 370 g/mol. The summed E-state index contributed by atoms with van der Waals surface area (Å²) in [6, 6.07) is 6.88. The van der Waals surface area contributed by atoms with Crippen LogP contribution in [-0.4, -0.2) is 49.7 Å². The summed E-state index contributed by atoms with van der Waals surface area (Å²) in [4.78, 5) is 14.2. The first-order valence-corrected chi connectivity index (χ1v) is 10.5. The van der Waals surface area contributed by atoms with Crippen molar-refractivity contribution in [2.45, 2.75) is 31.4 Å². The third-order valence-electron chi connectivity index (χ3n) is 4.88. The predicted molar refractivity (Wildman–Crippen MR) is 94.2 cm³/mol. The van der Waals surface area contributed by atoms with Crippen LogP contribution in [0.2, 0.25) is 5.02 Å². The first kappa shape index (κ1) is 17.7. The van der Waals surface area contributed by atoms with Crippen LogP contribution in [0.5, 0.6) is 0 Å². The number of hydrogen-bond acceptors (Lipinski definition) is 3. The van der Waals surface area contributed by atoms with E-state index in [0.717, 1.165) is 24.8 Å². The quantitative estimate of drug-likeness (QED) is 0.818. The third kappa shape index (κ3) is 4.10. The van der Waals surface area contributed by atoms with Gasteiger partial charge < -0.3 is 4.90 Å². The van der Waals surface area contributed by atoms with Crippen molar-refractivity contribution in [3.8, 4) is 0 Å². The molecule has 2 aliphatic rings. The molecule has 1 aromatic rings. The molecular weight excluding hydrogens is 348 g/mol. The maximum atomic E-state index is 12.7. The number of halogens is 1. The number of benzene rings is 1. The van der Waals surface area contributed by atoms with E-state index < -0.39 is 10.0 Å². The number of amides is 1. The van der Waals surface area contributed by atoms with Crippen LogP contribution in [0.25, 0.3) is 0 Å². The van der Waals surface area contributed by atoms with Crippen molar-refractivity contribution in [3.05, 3.63) is 34.9 Å². The largest absolute Gasteiger partial charge is 0.341 e. The third-order valence-corrected chi connectivity index (χ3v) is 6.98. The molecule has 1 amide bonds. The van der Waals surface area contributed by atoms with Crippen molar-refractivity contribution in [2.75, 3.05) is 26.2 Å². The molecule has 3 rings (SSSR count). The maximum Gasteiger partial charge on any atom is 0.225 e. The maximum absolute atomic E-state index is 12.7. The Hall–Kier alpha value is -1.11. The molecule has 5 nitrogen and oxygen atoms in total. The lowest BCUT2D eigenvalue weighted by Gasteiger charge is -2.31. The number of hydrogen-bond donors (Lipinski definition) is 0. The van der Waals surface area contributed by atoms with Crippen molar-refractivity contribution < 1.29 is 13.2 Å². The summed E-state index contributed by atoms with van der Waals surface area (Å²) in [6.07, 6.45) is 3.78. The lowest BCUT2D eigenvalue weighted by molar-refractivity contribution is -0.138. The summed E-state index contributed by atoms with van der Waals surface area (Å²) in [5, 5.41) is 0.594. The Morgan fingerprint density at radius 2 is 1.75 bits per heavy atom. The molecule has 2 fully saturated rings. The zero-order valence-electron chi connectivity index (χ0n) is 13.7. The molecule has 0 unspecified atom stereocenters. The standard InChI is InChI=1S/C17H23ClN2O3S/c18-16-7-5-14(6-8-16)13-24(22,23)20-10-2-9-19(11-12-20)17(21)15-3-1-4-15/h5-8,15H,1-4,9-13H2. The normalized spacial score (nSPS) is 20.5. The summed E-state index contributed by atoms with van der Waals surface area (Å²) in [5.41, 5.74) is 0.728. The molecule has 7 heteroatoms. The van der Waals surface area contributed by atoms with Crippen molar-refractivity contribution in [1.82, 2.24) is 9.21 Å². The molecule has 1 heterocycles. The van der Waals surface area contributed by atoms with Crippen molar-refractivity contribution in [2.24, 2.45) is 5.92 Å². The molecule has 0 radical (unpaired) electrons. The number of carbonyl (C=O) groups is 1. The highest BCUT2D eigenvalue weighted by molar-refractivity contribution is 7.88. The molecule has 1 aliphatic carbocycles. The van der Waals surface area contributed by atoms with E-state index in [4.69, 9.17) is 11.6 Å². The van der Waals surface area contributed by atoms with Gasteiger partial charge in [-0.25, -0.2) is 8.42 Å². The second-order valence-corrected chi connectivity index (χ2v) is 8.99. The highest BCUT2D eigenvalue weighted by Gasteiger charge is 2.32. The summed E-state index contributed by atoms with van der Waals surface area (Å²) in [7, 11) is -3.38. The zero-order valence-corrected chi connectivity index (χ0v) is 15.2. The first-order chi connectivity index (χ1) is 11.5. The molecule has 0 N–H and O–H groups in total. The van der Waals surface area contributed by atoms with Crippen LogP contribution in [0.1, 0.15) is 31.2 Å². The van der Waals surface area contributed by atoms with Crippen molar-refractivity contribution in [3.63, 3.8) is 0 Å². The molecule has 1 aromatic carbocycles. The van der Waals surface area contributed by atoms with Crippen LogP contribution in [0.3, 0.4) is 0 Å². The Morgan fingerprint density at radius 1 is 1.04 bits per heavy atom. The van der Waals surface area contributed by atoms with Gasteiger partial charge in [0, 0.05) is 37.1 Å². The van der Waals surface area contributed by atoms with Crippen LogP contribution in [0.4, 0.5) is 0 Å². The van der Waals surface area contributed by atoms with Crippen molar-refractivity contribution >= 4 is 27.5 Å². The second-order valence-electron chi connectivity index (χ2n) is 6.59. The molecular formula is C17H23ClN2O3S. The minimum atomic E-state index is -3.38. The van der Waals surface area contributed by atoms with Gasteiger partial charge in [0.05, 0.1) is 5.75 Å². The summed E-state index contributed by atoms with van der Waals surface area (Å²) in [6.45, 7) is 2.01. The number of sulfonamides is 1. The molecule has 1 aliphatic heterocycles. The van der Waals surface area contributed by atoms with Crippen LogP contribution < -0.4 is 0 Å². The van der Waals surface area contributed by atoms with Gasteiger partial charge in [0.15, 0.2) is 0 Å². The lowest BCUT2D eigenvalue weighted by atomic mass is 9.84. The van der Waals surface area contributed by atoms with E-state index in [0.29, 0.717) is 37.6 Å².